The third-order valence-corrected chi connectivity index (χ3v) is 6.32. The molecule has 0 radical (unpaired) electrons. The summed E-state index contributed by atoms with van der Waals surface area (Å²) in [5.41, 5.74) is 5.76. The second-order valence-corrected chi connectivity index (χ2v) is 10.5. The molecule has 2 aromatic carbocycles. The minimum Gasteiger partial charge on any atom is -0.478 e. The van der Waals surface area contributed by atoms with Crippen molar-refractivity contribution in [2.45, 2.75) is 52.6 Å². The Labute approximate surface area is 229 Å². The maximum atomic E-state index is 11.5. The summed E-state index contributed by atoms with van der Waals surface area (Å²) < 4.78 is 12.7. The molecule has 1 saturated heterocycles. The van der Waals surface area contributed by atoms with Crippen molar-refractivity contribution >= 4 is 11.7 Å². The highest BCUT2D eigenvalue weighted by molar-refractivity contribution is 5.81. The maximum absolute atomic E-state index is 11.5. The molecule has 8 nitrogen and oxygen atoms in total. The predicted octanol–water partition coefficient (Wildman–Crippen LogP) is 6.66. The maximum Gasteiger partial charge on any atom is 0.410 e. The zero-order valence-corrected chi connectivity index (χ0v) is 23.3. The van der Waals surface area contributed by atoms with E-state index in [1.807, 2.05) is 43.5 Å². The highest BCUT2D eigenvalue weighted by atomic mass is 16.6. The van der Waals surface area contributed by atoms with Gasteiger partial charge in [-0.2, -0.15) is 5.26 Å². The SMILES string of the molecule is CC(C)(C)OC(=O)N1CCCCC1.COc1nc(-c2ccc(C#N)cc2)c(-c2ccc(C)cc2)n2ccnc12. The van der Waals surface area contributed by atoms with Gasteiger partial charge >= 0.3 is 6.09 Å². The second-order valence-electron chi connectivity index (χ2n) is 10.5. The van der Waals surface area contributed by atoms with E-state index >= 15 is 0 Å². The normalized spacial score (nSPS) is 13.3. The van der Waals surface area contributed by atoms with E-state index in [4.69, 9.17) is 19.7 Å². The lowest BCUT2D eigenvalue weighted by atomic mass is 10.0. The highest BCUT2D eigenvalue weighted by Crippen LogP contribution is 2.34. The highest BCUT2D eigenvalue weighted by Gasteiger charge is 2.23. The van der Waals surface area contributed by atoms with Crippen LogP contribution in [0.4, 0.5) is 4.79 Å². The lowest BCUT2D eigenvalue weighted by Gasteiger charge is -2.29. The van der Waals surface area contributed by atoms with Gasteiger partial charge < -0.3 is 14.4 Å². The summed E-state index contributed by atoms with van der Waals surface area (Å²) in [6, 6.07) is 17.8. The van der Waals surface area contributed by atoms with Crippen molar-refractivity contribution in [3.63, 3.8) is 0 Å². The summed E-state index contributed by atoms with van der Waals surface area (Å²) >= 11 is 0. The van der Waals surface area contributed by atoms with Crippen LogP contribution in [0.15, 0.2) is 60.9 Å². The summed E-state index contributed by atoms with van der Waals surface area (Å²) in [6.07, 6.45) is 6.94. The number of nitrogens with zero attached hydrogens (tertiary/aromatic N) is 5. The van der Waals surface area contributed by atoms with Crippen molar-refractivity contribution in [3.8, 4) is 34.5 Å². The van der Waals surface area contributed by atoms with Gasteiger partial charge in [0, 0.05) is 36.6 Å². The average molecular weight is 526 g/mol. The van der Waals surface area contributed by atoms with Gasteiger partial charge in [-0.25, -0.2) is 14.8 Å². The van der Waals surface area contributed by atoms with Crippen LogP contribution in [0.5, 0.6) is 5.88 Å². The Hall–Kier alpha value is -4.38. The van der Waals surface area contributed by atoms with Crippen LogP contribution in [-0.2, 0) is 4.74 Å². The number of carbonyl (C=O) groups is 1. The molecule has 202 valence electrons. The monoisotopic (exact) mass is 525 g/mol. The number of aryl methyl sites for hydroxylation is 1. The van der Waals surface area contributed by atoms with E-state index in [1.54, 1.807) is 30.3 Å². The smallest absolute Gasteiger partial charge is 0.410 e. The molecule has 0 aliphatic carbocycles. The van der Waals surface area contributed by atoms with E-state index in [0.29, 0.717) is 17.1 Å². The fourth-order valence-corrected chi connectivity index (χ4v) is 4.39. The van der Waals surface area contributed by atoms with E-state index in [-0.39, 0.29) is 11.7 Å². The molecule has 4 aromatic rings. The number of amides is 1. The largest absolute Gasteiger partial charge is 0.478 e. The van der Waals surface area contributed by atoms with Gasteiger partial charge in [0.05, 0.1) is 30.1 Å². The molecule has 1 aliphatic rings. The number of likely N-dealkylation sites (tertiary alicyclic amines) is 1. The van der Waals surface area contributed by atoms with Gasteiger partial charge in [0.25, 0.3) is 5.88 Å². The molecule has 0 saturated carbocycles. The van der Waals surface area contributed by atoms with E-state index < -0.39 is 0 Å². The van der Waals surface area contributed by atoms with Crippen molar-refractivity contribution in [2.75, 3.05) is 20.2 Å². The molecule has 1 fully saturated rings. The Kier molecular flexibility index (Phi) is 8.50. The van der Waals surface area contributed by atoms with Crippen LogP contribution in [-0.4, -0.2) is 51.2 Å². The standard InChI is InChI=1S/C21H16N4O.C10H19NO2/c1-14-3-7-17(8-4-14)19-18(16-9-5-15(13-22)6-10-16)24-21(26-2)20-23-11-12-25(19)20;1-10(2,3)13-9(12)11-7-5-4-6-8-11/h3-12H,1-2H3;4-8H2,1-3H3. The first-order valence-corrected chi connectivity index (χ1v) is 13.2. The molecule has 0 unspecified atom stereocenters. The first-order valence-electron chi connectivity index (χ1n) is 13.2. The molecule has 1 amide bonds. The first kappa shape index (κ1) is 27.6. The fourth-order valence-electron chi connectivity index (χ4n) is 4.39. The molecule has 3 heterocycles. The zero-order valence-electron chi connectivity index (χ0n) is 23.3. The number of carbonyl (C=O) groups excluding carboxylic acids is 1. The lowest BCUT2D eigenvalue weighted by molar-refractivity contribution is 0.0216. The molecule has 1 aliphatic heterocycles. The number of fused-ring (bicyclic) bond motifs is 1. The van der Waals surface area contributed by atoms with Crippen molar-refractivity contribution in [3.05, 3.63) is 72.1 Å². The number of benzene rings is 2. The lowest BCUT2D eigenvalue weighted by Crippen LogP contribution is -2.39. The molecule has 0 N–H and O–H groups in total. The number of hydrogen-bond donors (Lipinski definition) is 0. The van der Waals surface area contributed by atoms with Crippen LogP contribution in [0.25, 0.3) is 28.2 Å². The minimum atomic E-state index is -0.367. The third kappa shape index (κ3) is 6.74. The first-order chi connectivity index (χ1) is 18.7. The summed E-state index contributed by atoms with van der Waals surface area (Å²) in [5.74, 6) is 0.463. The van der Waals surface area contributed by atoms with Crippen LogP contribution in [0.2, 0.25) is 0 Å². The Morgan fingerprint density at radius 3 is 2.21 bits per heavy atom. The molecule has 39 heavy (non-hydrogen) atoms. The molecule has 0 spiro atoms. The van der Waals surface area contributed by atoms with Gasteiger partial charge in [0.1, 0.15) is 5.60 Å². The summed E-state index contributed by atoms with van der Waals surface area (Å²) in [6.45, 7) is 9.47. The molecular formula is C31H35N5O3. The Bertz CT molecular complexity index is 1460. The number of aromatic nitrogens is 3. The summed E-state index contributed by atoms with van der Waals surface area (Å²) in [5, 5.41) is 9.06. The van der Waals surface area contributed by atoms with E-state index in [2.05, 4.69) is 42.2 Å². The molecule has 8 heteroatoms. The predicted molar refractivity (Wildman–Crippen MR) is 152 cm³/mol. The van der Waals surface area contributed by atoms with Crippen LogP contribution >= 0.6 is 0 Å². The number of ether oxygens (including phenoxy) is 2. The van der Waals surface area contributed by atoms with Crippen molar-refractivity contribution in [1.82, 2.24) is 19.3 Å². The summed E-state index contributed by atoms with van der Waals surface area (Å²) in [4.78, 5) is 22.4. The number of piperidine rings is 1. The summed E-state index contributed by atoms with van der Waals surface area (Å²) in [7, 11) is 1.59. The van der Waals surface area contributed by atoms with Gasteiger partial charge in [-0.15, -0.1) is 0 Å². The number of hydrogen-bond acceptors (Lipinski definition) is 6. The van der Waals surface area contributed by atoms with Crippen LogP contribution < -0.4 is 4.74 Å². The van der Waals surface area contributed by atoms with Crippen LogP contribution in [0.1, 0.15) is 51.2 Å². The number of methoxy groups -OCH3 is 1. The van der Waals surface area contributed by atoms with Gasteiger partial charge in [-0.3, -0.25) is 4.40 Å². The number of nitriles is 1. The quantitative estimate of drug-likeness (QED) is 0.297. The molecule has 2 aromatic heterocycles. The van der Waals surface area contributed by atoms with Crippen LogP contribution in [0.3, 0.4) is 0 Å². The number of imidazole rings is 1. The third-order valence-electron chi connectivity index (χ3n) is 6.32. The zero-order chi connectivity index (χ0) is 28.0. The van der Waals surface area contributed by atoms with Crippen molar-refractivity contribution in [1.29, 1.82) is 5.26 Å². The van der Waals surface area contributed by atoms with E-state index in [0.717, 1.165) is 48.4 Å². The Morgan fingerprint density at radius 2 is 1.62 bits per heavy atom. The van der Waals surface area contributed by atoms with Gasteiger partial charge in [-0.05, 0) is 59.1 Å². The Morgan fingerprint density at radius 1 is 0.974 bits per heavy atom. The molecule has 0 atom stereocenters. The Balaban J connectivity index is 0.000000229. The van der Waals surface area contributed by atoms with Gasteiger partial charge in [-0.1, -0.05) is 42.0 Å². The van der Waals surface area contributed by atoms with Crippen molar-refractivity contribution in [2.24, 2.45) is 0 Å². The van der Waals surface area contributed by atoms with Gasteiger partial charge in [0.15, 0.2) is 0 Å². The number of rotatable bonds is 3. The van der Waals surface area contributed by atoms with E-state index in [9.17, 15) is 4.79 Å². The van der Waals surface area contributed by atoms with Gasteiger partial charge in [0.2, 0.25) is 5.65 Å². The van der Waals surface area contributed by atoms with Crippen molar-refractivity contribution < 1.29 is 14.3 Å². The molecule has 5 rings (SSSR count). The second kappa shape index (κ2) is 12.0. The van der Waals surface area contributed by atoms with E-state index in [1.165, 1.54) is 12.0 Å². The molecule has 0 bridgehead atoms. The molecular weight excluding hydrogens is 490 g/mol. The average Bonchev–Trinajstić information content (AvgIpc) is 3.43. The minimum absolute atomic E-state index is 0.160. The topological polar surface area (TPSA) is 92.7 Å². The fraction of sp³-hybridized carbons (Fsp3) is 0.355. The van der Waals surface area contributed by atoms with Crippen LogP contribution in [0, 0.1) is 18.3 Å².